The van der Waals surface area contributed by atoms with Crippen molar-refractivity contribution in [3.63, 3.8) is 0 Å². The van der Waals surface area contributed by atoms with Gasteiger partial charge in [-0.1, -0.05) is 15.9 Å². The van der Waals surface area contributed by atoms with Crippen molar-refractivity contribution in [2.75, 3.05) is 13.1 Å². The molecule has 1 aromatic heterocycles. The van der Waals surface area contributed by atoms with Gasteiger partial charge in [0.1, 0.15) is 0 Å². The number of hydrogen-bond acceptors (Lipinski definition) is 4. The molecule has 1 saturated heterocycles. The first-order valence-corrected chi connectivity index (χ1v) is 6.89. The molecule has 0 amide bonds. The van der Waals surface area contributed by atoms with Crippen LogP contribution < -0.4 is 5.32 Å². The second-order valence-electron chi connectivity index (χ2n) is 4.44. The van der Waals surface area contributed by atoms with E-state index in [-0.39, 0.29) is 0 Å². The molecule has 3 rings (SSSR count). The number of rotatable bonds is 2. The Hall–Kier alpha value is -1.27. The lowest BCUT2D eigenvalue weighted by molar-refractivity contribution is 0.444. The molecule has 1 aliphatic heterocycles. The largest absolute Gasteiger partial charge is 0.317 e. The van der Waals surface area contributed by atoms with Crippen molar-refractivity contribution in [2.45, 2.75) is 18.8 Å². The first-order chi connectivity index (χ1) is 8.83. The summed E-state index contributed by atoms with van der Waals surface area (Å²) in [4.78, 5) is 1.60. The van der Waals surface area contributed by atoms with E-state index in [0.717, 1.165) is 41.9 Å². The van der Waals surface area contributed by atoms with Crippen LogP contribution in [0.1, 0.15) is 24.6 Å². The lowest BCUT2D eigenvalue weighted by Crippen LogP contribution is -2.27. The predicted molar refractivity (Wildman–Crippen MR) is 71.7 cm³/mol. The van der Waals surface area contributed by atoms with Gasteiger partial charge < -0.3 is 5.32 Å². The van der Waals surface area contributed by atoms with E-state index in [1.165, 1.54) is 0 Å². The Morgan fingerprint density at radius 1 is 1.17 bits per heavy atom. The highest BCUT2D eigenvalue weighted by Gasteiger charge is 2.20. The van der Waals surface area contributed by atoms with Crippen LogP contribution in [0.3, 0.4) is 0 Å². The summed E-state index contributed by atoms with van der Waals surface area (Å²) in [6.07, 6.45) is 2.18. The number of aromatic nitrogens is 4. The van der Waals surface area contributed by atoms with Crippen molar-refractivity contribution in [3.8, 4) is 5.69 Å². The van der Waals surface area contributed by atoms with E-state index in [4.69, 9.17) is 0 Å². The highest BCUT2D eigenvalue weighted by atomic mass is 79.9. The van der Waals surface area contributed by atoms with Crippen molar-refractivity contribution in [2.24, 2.45) is 0 Å². The van der Waals surface area contributed by atoms with Crippen LogP contribution in [0.25, 0.3) is 5.69 Å². The van der Waals surface area contributed by atoms with Crippen LogP contribution in [0.15, 0.2) is 28.7 Å². The lowest BCUT2D eigenvalue weighted by Gasteiger charge is -2.18. The number of nitrogens with zero attached hydrogens (tertiary/aromatic N) is 4. The molecule has 18 heavy (non-hydrogen) atoms. The summed E-state index contributed by atoms with van der Waals surface area (Å²) < 4.78 is 1.05. The minimum atomic E-state index is 0.440. The molecule has 0 radical (unpaired) electrons. The van der Waals surface area contributed by atoms with Crippen LogP contribution in [0.2, 0.25) is 0 Å². The summed E-state index contributed by atoms with van der Waals surface area (Å²) in [5, 5.41) is 16.1. The van der Waals surface area contributed by atoms with E-state index in [1.807, 2.05) is 24.3 Å². The topological polar surface area (TPSA) is 55.6 Å². The summed E-state index contributed by atoms with van der Waals surface area (Å²) in [7, 11) is 0. The zero-order valence-electron chi connectivity index (χ0n) is 9.88. The van der Waals surface area contributed by atoms with Crippen molar-refractivity contribution < 1.29 is 0 Å². The summed E-state index contributed by atoms with van der Waals surface area (Å²) in [5.74, 6) is 1.30. The minimum absolute atomic E-state index is 0.440. The average Bonchev–Trinajstić information content (AvgIpc) is 2.90. The number of tetrazole rings is 1. The fraction of sp³-hybridized carbons (Fsp3) is 0.417. The number of benzene rings is 1. The van der Waals surface area contributed by atoms with Gasteiger partial charge in [0.15, 0.2) is 5.82 Å². The molecule has 0 aliphatic carbocycles. The second kappa shape index (κ2) is 5.16. The molecule has 0 atom stereocenters. The first kappa shape index (κ1) is 11.8. The maximum absolute atomic E-state index is 4.49. The second-order valence-corrected chi connectivity index (χ2v) is 5.35. The van der Waals surface area contributed by atoms with Crippen molar-refractivity contribution in [1.82, 2.24) is 25.5 Å². The van der Waals surface area contributed by atoms with Gasteiger partial charge in [-0.3, -0.25) is 0 Å². The summed E-state index contributed by atoms with van der Waals surface area (Å²) in [6, 6.07) is 7.89. The Morgan fingerprint density at radius 2 is 1.89 bits per heavy atom. The number of piperidine rings is 1. The molecular weight excluding hydrogens is 294 g/mol. The summed E-state index contributed by atoms with van der Waals surface area (Å²) in [6.45, 7) is 2.08. The summed E-state index contributed by atoms with van der Waals surface area (Å²) in [5.41, 5.74) is 0.936. The van der Waals surface area contributed by atoms with E-state index in [9.17, 15) is 0 Å². The van der Waals surface area contributed by atoms with Crippen LogP contribution in [-0.2, 0) is 0 Å². The summed E-state index contributed by atoms with van der Waals surface area (Å²) >= 11 is 3.41. The monoisotopic (exact) mass is 307 g/mol. The Kier molecular flexibility index (Phi) is 3.38. The van der Waals surface area contributed by atoms with Gasteiger partial charge >= 0.3 is 0 Å². The van der Waals surface area contributed by atoms with Crippen molar-refractivity contribution in [1.29, 1.82) is 0 Å². The molecule has 0 unspecified atom stereocenters. The van der Waals surface area contributed by atoms with E-state index >= 15 is 0 Å². The molecule has 6 heteroatoms. The molecule has 2 heterocycles. The molecule has 0 bridgehead atoms. The van der Waals surface area contributed by atoms with Gasteiger partial charge in [-0.2, -0.15) is 0 Å². The van der Waals surface area contributed by atoms with Gasteiger partial charge in [-0.05, 0) is 55.4 Å². The lowest BCUT2D eigenvalue weighted by atomic mass is 9.98. The minimum Gasteiger partial charge on any atom is -0.317 e. The van der Waals surface area contributed by atoms with Crippen molar-refractivity contribution in [3.05, 3.63) is 34.6 Å². The normalized spacial score (nSPS) is 16.9. The van der Waals surface area contributed by atoms with Crippen LogP contribution in [-0.4, -0.2) is 33.3 Å². The predicted octanol–water partition coefficient (Wildman–Crippen LogP) is 1.89. The molecule has 2 aromatic rings. The van der Waals surface area contributed by atoms with Gasteiger partial charge in [-0.25, -0.2) is 0 Å². The number of hydrogen-bond donors (Lipinski definition) is 1. The van der Waals surface area contributed by atoms with Crippen LogP contribution in [0.4, 0.5) is 0 Å². The first-order valence-electron chi connectivity index (χ1n) is 6.09. The molecule has 0 spiro atoms. The molecule has 0 saturated carbocycles. The average molecular weight is 308 g/mol. The van der Waals surface area contributed by atoms with Gasteiger partial charge in [0.2, 0.25) is 0 Å². The van der Waals surface area contributed by atoms with E-state index in [2.05, 4.69) is 36.7 Å². The zero-order chi connectivity index (χ0) is 12.4. The van der Waals surface area contributed by atoms with E-state index < -0.39 is 0 Å². The number of halogens is 1. The molecule has 1 aromatic carbocycles. The Morgan fingerprint density at radius 3 is 2.61 bits per heavy atom. The zero-order valence-corrected chi connectivity index (χ0v) is 11.5. The third-order valence-corrected chi connectivity index (χ3v) is 3.72. The molecule has 94 valence electrons. The van der Waals surface area contributed by atoms with Crippen LogP contribution in [0, 0.1) is 0 Å². The van der Waals surface area contributed by atoms with Crippen LogP contribution >= 0.6 is 15.9 Å². The molecule has 1 N–H and O–H groups in total. The third kappa shape index (κ3) is 2.44. The Bertz CT molecular complexity index is 516. The Labute approximate surface area is 114 Å². The highest BCUT2D eigenvalue weighted by Crippen LogP contribution is 2.21. The molecular formula is C12H14BrN5. The fourth-order valence-electron chi connectivity index (χ4n) is 2.15. The third-order valence-electron chi connectivity index (χ3n) is 3.19. The maximum atomic E-state index is 4.49. The van der Waals surface area contributed by atoms with E-state index in [1.54, 1.807) is 4.80 Å². The van der Waals surface area contributed by atoms with Gasteiger partial charge in [-0.15, -0.1) is 15.0 Å². The quantitative estimate of drug-likeness (QED) is 0.920. The molecule has 1 aliphatic rings. The fourth-order valence-corrected chi connectivity index (χ4v) is 2.42. The smallest absolute Gasteiger partial charge is 0.178 e. The van der Waals surface area contributed by atoms with Gasteiger partial charge in [0, 0.05) is 10.4 Å². The standard InChI is InChI=1S/C12H14BrN5/c13-10-1-3-11(4-2-10)18-16-12(15-17-18)9-5-7-14-8-6-9/h1-4,9,14H,5-8H2. The SMILES string of the molecule is Brc1ccc(-n2nnc(C3CCNCC3)n2)cc1. The molecule has 5 nitrogen and oxygen atoms in total. The van der Waals surface area contributed by atoms with E-state index in [0.29, 0.717) is 5.92 Å². The van der Waals surface area contributed by atoms with Gasteiger partial charge in [0.05, 0.1) is 5.69 Å². The number of nitrogens with one attached hydrogen (secondary N) is 1. The molecule has 1 fully saturated rings. The van der Waals surface area contributed by atoms with Crippen molar-refractivity contribution >= 4 is 15.9 Å². The maximum Gasteiger partial charge on any atom is 0.178 e. The van der Waals surface area contributed by atoms with Crippen LogP contribution in [0.5, 0.6) is 0 Å². The highest BCUT2D eigenvalue weighted by molar-refractivity contribution is 9.10. The Balaban J connectivity index is 1.82. The van der Waals surface area contributed by atoms with Gasteiger partial charge in [0.25, 0.3) is 0 Å².